The summed E-state index contributed by atoms with van der Waals surface area (Å²) < 4.78 is 26.9. The number of ether oxygens (including phenoxy) is 1. The quantitative estimate of drug-likeness (QED) is 0.145. The highest BCUT2D eigenvalue weighted by Crippen LogP contribution is 2.47. The van der Waals surface area contributed by atoms with Crippen LogP contribution in [0.4, 0.5) is 10.2 Å². The molecule has 0 fully saturated rings. The van der Waals surface area contributed by atoms with Gasteiger partial charge in [-0.05, 0) is 108 Å². The molecule has 8 rings (SSSR count). The zero-order valence-corrected chi connectivity index (χ0v) is 29.9. The minimum Gasteiger partial charge on any atom is -0.496 e. The van der Waals surface area contributed by atoms with Crippen LogP contribution in [0.5, 0.6) is 5.75 Å². The third-order valence-corrected chi connectivity index (χ3v) is 11.3. The average Bonchev–Trinajstić information content (AvgIpc) is 3.90. The Morgan fingerprint density at radius 1 is 1.08 bits per heavy atom. The Morgan fingerprint density at radius 3 is 2.71 bits per heavy atom. The minimum atomic E-state index is -0.565. The summed E-state index contributed by atoms with van der Waals surface area (Å²) >= 11 is 1.55. The number of amides is 1. The fourth-order valence-corrected chi connectivity index (χ4v) is 9.11. The second kappa shape index (κ2) is 13.2. The lowest BCUT2D eigenvalue weighted by molar-refractivity contribution is 0.0999. The van der Waals surface area contributed by atoms with Crippen LogP contribution in [0.2, 0.25) is 0 Å². The van der Waals surface area contributed by atoms with Gasteiger partial charge in [0, 0.05) is 23.6 Å². The number of primary amides is 1. The molecule has 0 bridgehead atoms. The molecule has 4 heterocycles. The van der Waals surface area contributed by atoms with Gasteiger partial charge in [-0.25, -0.2) is 9.37 Å². The van der Waals surface area contributed by atoms with E-state index in [4.69, 9.17) is 24.9 Å². The first-order valence-electron chi connectivity index (χ1n) is 17.4. The van der Waals surface area contributed by atoms with E-state index in [0.29, 0.717) is 41.1 Å². The Morgan fingerprint density at radius 2 is 1.94 bits per heavy atom. The molecule has 0 saturated carbocycles. The number of aromatic nitrogens is 4. The van der Waals surface area contributed by atoms with Crippen LogP contribution in [0.3, 0.4) is 0 Å². The van der Waals surface area contributed by atoms with Crippen molar-refractivity contribution in [3.8, 4) is 27.6 Å². The number of benzene rings is 2. The molecule has 0 aliphatic heterocycles. The summed E-state index contributed by atoms with van der Waals surface area (Å²) in [6.45, 7) is 5.94. The fraction of sp³-hybridized carbons (Fsp3) is 0.325. The number of aryl methyl sites for hydroxylation is 2. The van der Waals surface area contributed by atoms with Crippen molar-refractivity contribution >= 4 is 33.1 Å². The maximum atomic E-state index is 14.2. The van der Waals surface area contributed by atoms with E-state index in [2.05, 4.69) is 41.5 Å². The minimum absolute atomic E-state index is 0.0739. The molecule has 0 unspecified atom stereocenters. The fourth-order valence-electron chi connectivity index (χ4n) is 7.95. The molecular formula is C40H39FN6O3S. The summed E-state index contributed by atoms with van der Waals surface area (Å²) in [6.07, 6.45) is 6.39. The van der Waals surface area contributed by atoms with E-state index in [-0.39, 0.29) is 29.6 Å². The van der Waals surface area contributed by atoms with Crippen molar-refractivity contribution in [1.29, 1.82) is 0 Å². The zero-order chi connectivity index (χ0) is 35.4. The zero-order valence-electron chi connectivity index (χ0n) is 29.0. The molecular weight excluding hydrogens is 664 g/mol. The van der Waals surface area contributed by atoms with Crippen molar-refractivity contribution < 1.29 is 18.3 Å². The number of anilines is 1. The highest BCUT2D eigenvalue weighted by atomic mass is 32.1. The Bertz CT molecular complexity index is 2310. The smallest absolute Gasteiger partial charge is 0.251 e. The summed E-state index contributed by atoms with van der Waals surface area (Å²) in [5, 5.41) is 13.4. The van der Waals surface area contributed by atoms with Gasteiger partial charge in [0.25, 0.3) is 5.91 Å². The van der Waals surface area contributed by atoms with Gasteiger partial charge in [-0.3, -0.25) is 9.78 Å². The van der Waals surface area contributed by atoms with Crippen molar-refractivity contribution in [3.05, 3.63) is 106 Å². The van der Waals surface area contributed by atoms with Crippen LogP contribution in [0.25, 0.3) is 32.0 Å². The number of hydrogen-bond donors (Lipinski definition) is 2. The van der Waals surface area contributed by atoms with Crippen LogP contribution >= 0.6 is 11.3 Å². The Balaban J connectivity index is 1.30. The van der Waals surface area contributed by atoms with Gasteiger partial charge in [0.15, 0.2) is 0 Å². The van der Waals surface area contributed by atoms with Crippen molar-refractivity contribution in [3.63, 3.8) is 0 Å². The number of nitrogens with two attached hydrogens (primary N) is 1. The molecule has 2 aromatic carbocycles. The number of hydrogen-bond acceptors (Lipinski definition) is 9. The van der Waals surface area contributed by atoms with Gasteiger partial charge in [-0.15, -0.1) is 21.5 Å². The van der Waals surface area contributed by atoms with Crippen molar-refractivity contribution in [1.82, 2.24) is 20.2 Å². The summed E-state index contributed by atoms with van der Waals surface area (Å²) in [6, 6.07) is 15.4. The number of fused-ring (bicyclic) bond motifs is 3. The monoisotopic (exact) mass is 702 g/mol. The molecule has 6 aromatic rings. The number of carbonyl (C=O) groups is 1. The van der Waals surface area contributed by atoms with E-state index in [1.807, 2.05) is 30.5 Å². The molecule has 2 aliphatic rings. The lowest BCUT2D eigenvalue weighted by Gasteiger charge is -2.21. The number of halogens is 1. The third-order valence-electron chi connectivity index (χ3n) is 10.1. The predicted octanol–water partition coefficient (Wildman–Crippen LogP) is 8.53. The summed E-state index contributed by atoms with van der Waals surface area (Å²) in [7, 11) is 1.71. The number of nitrogens with one attached hydrogen (secondary N) is 1. The van der Waals surface area contributed by atoms with Gasteiger partial charge in [0.05, 0.1) is 40.4 Å². The van der Waals surface area contributed by atoms with Crippen LogP contribution in [0.1, 0.15) is 88.5 Å². The molecule has 11 heteroatoms. The van der Waals surface area contributed by atoms with Gasteiger partial charge in [0.2, 0.25) is 11.8 Å². The number of thiophene rings is 1. The molecule has 3 N–H and O–H groups in total. The first-order chi connectivity index (χ1) is 24.7. The third kappa shape index (κ3) is 6.03. The maximum Gasteiger partial charge on any atom is 0.251 e. The van der Waals surface area contributed by atoms with Crippen LogP contribution in [0.15, 0.2) is 59.1 Å². The first-order valence-corrected chi connectivity index (χ1v) is 18.3. The normalized spacial score (nSPS) is 16.5. The van der Waals surface area contributed by atoms with Crippen LogP contribution in [0, 0.1) is 18.7 Å². The Labute approximate surface area is 299 Å². The topological polar surface area (TPSA) is 129 Å². The lowest BCUT2D eigenvalue weighted by Crippen LogP contribution is -2.20. The molecule has 2 atom stereocenters. The standard InChI is InChI=1S/C40H39FN6O3S/c1-20(2)16-30-34(38(42)48)36(35(40-47-46-21(3)50-40)31(44-30)18-23-9-8-22-17-25(41)10-11-26(22)23)33-19-24-14-15-43-39(37(24)51-33)45-29-13-12-28-27(29)6-5-7-32(28)49-4/h5-7,10-11,14-15,17,19-20,23,29H,8-9,12-13,16,18H2,1-4H3,(H2,42,48)(H,43,45)/t23-,29+/m0/s1. The lowest BCUT2D eigenvalue weighted by atomic mass is 9.88. The molecule has 260 valence electrons. The number of pyridine rings is 2. The number of methoxy groups -OCH3 is 1. The molecule has 4 aromatic heterocycles. The molecule has 9 nitrogen and oxygen atoms in total. The first kappa shape index (κ1) is 33.0. The van der Waals surface area contributed by atoms with E-state index < -0.39 is 5.91 Å². The number of nitrogens with zero attached hydrogens (tertiary/aromatic N) is 4. The highest BCUT2D eigenvalue weighted by molar-refractivity contribution is 7.23. The predicted molar refractivity (Wildman–Crippen MR) is 197 cm³/mol. The number of rotatable bonds is 10. The second-order valence-electron chi connectivity index (χ2n) is 14.0. The van der Waals surface area contributed by atoms with Crippen LogP contribution in [-0.2, 0) is 25.7 Å². The molecule has 1 amide bonds. The average molecular weight is 703 g/mol. The summed E-state index contributed by atoms with van der Waals surface area (Å²) in [5.74, 6) is 1.87. The van der Waals surface area contributed by atoms with Gasteiger partial charge in [-0.2, -0.15) is 0 Å². The van der Waals surface area contributed by atoms with Crippen LogP contribution in [-0.4, -0.2) is 33.2 Å². The van der Waals surface area contributed by atoms with E-state index in [1.165, 1.54) is 17.2 Å². The van der Waals surface area contributed by atoms with Crippen molar-refractivity contribution in [2.45, 2.75) is 71.3 Å². The Hall–Kier alpha value is -5.16. The van der Waals surface area contributed by atoms with Crippen molar-refractivity contribution in [2.24, 2.45) is 11.7 Å². The van der Waals surface area contributed by atoms with Crippen LogP contribution < -0.4 is 15.8 Å². The largest absolute Gasteiger partial charge is 0.496 e. The molecule has 0 saturated heterocycles. The SMILES string of the molecule is COc1cccc2c1CC[C@H]2Nc1nccc2cc(-c3c(C(N)=O)c(CC(C)C)nc(C[C@@H]4CCc5cc(F)ccc54)c3-c3nnc(C)o3)sc12. The van der Waals surface area contributed by atoms with E-state index in [1.54, 1.807) is 31.4 Å². The molecule has 0 radical (unpaired) electrons. The molecule has 2 aliphatic carbocycles. The van der Waals surface area contributed by atoms with Gasteiger partial charge >= 0.3 is 0 Å². The number of carbonyl (C=O) groups excluding carboxylic acids is 1. The van der Waals surface area contributed by atoms with Gasteiger partial charge < -0.3 is 20.2 Å². The maximum absolute atomic E-state index is 14.2. The van der Waals surface area contributed by atoms with E-state index >= 15 is 0 Å². The second-order valence-corrected chi connectivity index (χ2v) is 15.0. The Kier molecular flexibility index (Phi) is 8.54. The molecule has 51 heavy (non-hydrogen) atoms. The highest BCUT2D eigenvalue weighted by Gasteiger charge is 2.33. The van der Waals surface area contributed by atoms with Crippen molar-refractivity contribution in [2.75, 3.05) is 12.4 Å². The van der Waals surface area contributed by atoms with Gasteiger partial charge in [-0.1, -0.05) is 32.0 Å². The molecule has 0 spiro atoms. The van der Waals surface area contributed by atoms with Gasteiger partial charge in [0.1, 0.15) is 17.4 Å². The summed E-state index contributed by atoms with van der Waals surface area (Å²) in [5.41, 5.74) is 13.8. The summed E-state index contributed by atoms with van der Waals surface area (Å²) in [4.78, 5) is 24.4. The van der Waals surface area contributed by atoms with E-state index in [0.717, 1.165) is 69.0 Å². The van der Waals surface area contributed by atoms with E-state index in [9.17, 15) is 9.18 Å².